The van der Waals surface area contributed by atoms with Gasteiger partial charge in [0, 0.05) is 12.1 Å². The molecule has 108 valence electrons. The molecular formula is C15H28N4. The van der Waals surface area contributed by atoms with Crippen LogP contribution in [0.15, 0.2) is 6.20 Å². The van der Waals surface area contributed by atoms with Crippen molar-refractivity contribution >= 4 is 0 Å². The van der Waals surface area contributed by atoms with Crippen LogP contribution in [-0.2, 0) is 6.54 Å². The summed E-state index contributed by atoms with van der Waals surface area (Å²) in [7, 11) is 0. The maximum atomic E-state index is 4.34. The standard InChI is InChI=1S/C15H28N4/c1-5-12-7-6-8-14(9-12)19-11-13(17-18-19)10-16-15(2,3)4/h11-12,14,16H,5-10H2,1-4H3. The third kappa shape index (κ3) is 4.30. The summed E-state index contributed by atoms with van der Waals surface area (Å²) >= 11 is 0. The summed E-state index contributed by atoms with van der Waals surface area (Å²) in [4.78, 5) is 0. The zero-order valence-corrected chi connectivity index (χ0v) is 12.8. The summed E-state index contributed by atoms with van der Waals surface area (Å²) in [6, 6.07) is 0.564. The van der Waals surface area contributed by atoms with E-state index in [1.807, 2.05) is 0 Å². The van der Waals surface area contributed by atoms with Crippen LogP contribution in [0.1, 0.15) is 71.5 Å². The van der Waals surface area contributed by atoms with E-state index in [1.54, 1.807) is 0 Å². The van der Waals surface area contributed by atoms with Crippen LogP contribution in [0.2, 0.25) is 0 Å². The highest BCUT2D eigenvalue weighted by atomic mass is 15.4. The second kappa shape index (κ2) is 6.04. The molecule has 1 fully saturated rings. The molecule has 4 heteroatoms. The molecule has 1 aromatic heterocycles. The topological polar surface area (TPSA) is 42.7 Å². The fraction of sp³-hybridized carbons (Fsp3) is 0.867. The number of aromatic nitrogens is 3. The Morgan fingerprint density at radius 3 is 2.84 bits per heavy atom. The number of rotatable bonds is 4. The van der Waals surface area contributed by atoms with E-state index in [0.717, 1.165) is 18.2 Å². The number of hydrogen-bond acceptors (Lipinski definition) is 3. The average molecular weight is 264 g/mol. The monoisotopic (exact) mass is 264 g/mol. The second-order valence-corrected chi connectivity index (χ2v) is 6.89. The largest absolute Gasteiger partial charge is 0.306 e. The molecule has 19 heavy (non-hydrogen) atoms. The molecule has 1 saturated carbocycles. The Morgan fingerprint density at radius 2 is 2.16 bits per heavy atom. The minimum absolute atomic E-state index is 0.127. The molecule has 2 rings (SSSR count). The molecule has 2 atom stereocenters. The quantitative estimate of drug-likeness (QED) is 0.907. The molecule has 0 spiro atoms. The lowest BCUT2D eigenvalue weighted by Gasteiger charge is -2.28. The summed E-state index contributed by atoms with van der Waals surface area (Å²) in [6.07, 6.45) is 8.67. The lowest BCUT2D eigenvalue weighted by Crippen LogP contribution is -2.35. The van der Waals surface area contributed by atoms with Crippen LogP contribution in [0.3, 0.4) is 0 Å². The molecular weight excluding hydrogens is 236 g/mol. The van der Waals surface area contributed by atoms with Crippen molar-refractivity contribution in [1.82, 2.24) is 20.3 Å². The van der Waals surface area contributed by atoms with Crippen LogP contribution in [0, 0.1) is 5.92 Å². The highest BCUT2D eigenvalue weighted by Crippen LogP contribution is 2.33. The Kier molecular flexibility index (Phi) is 4.61. The first-order valence-corrected chi connectivity index (χ1v) is 7.63. The van der Waals surface area contributed by atoms with Gasteiger partial charge in [0.05, 0.1) is 17.9 Å². The van der Waals surface area contributed by atoms with E-state index in [9.17, 15) is 0 Å². The minimum atomic E-state index is 0.127. The predicted molar refractivity (Wildman–Crippen MR) is 77.9 cm³/mol. The first-order valence-electron chi connectivity index (χ1n) is 7.63. The molecule has 0 saturated heterocycles. The van der Waals surface area contributed by atoms with E-state index in [0.29, 0.717) is 6.04 Å². The highest BCUT2D eigenvalue weighted by Gasteiger charge is 2.23. The van der Waals surface area contributed by atoms with Crippen molar-refractivity contribution in [2.24, 2.45) is 5.92 Å². The highest BCUT2D eigenvalue weighted by molar-refractivity contribution is 4.95. The molecule has 0 bridgehead atoms. The Balaban J connectivity index is 1.93. The fourth-order valence-corrected chi connectivity index (χ4v) is 2.80. The molecule has 1 heterocycles. The van der Waals surface area contributed by atoms with Gasteiger partial charge in [-0.3, -0.25) is 0 Å². The summed E-state index contributed by atoms with van der Waals surface area (Å²) in [5.41, 5.74) is 1.18. The summed E-state index contributed by atoms with van der Waals surface area (Å²) in [5.74, 6) is 0.874. The zero-order valence-electron chi connectivity index (χ0n) is 12.8. The maximum Gasteiger partial charge on any atom is 0.0965 e. The molecule has 1 aliphatic rings. The van der Waals surface area contributed by atoms with Gasteiger partial charge >= 0.3 is 0 Å². The molecule has 4 nitrogen and oxygen atoms in total. The van der Waals surface area contributed by atoms with Gasteiger partial charge in [0.25, 0.3) is 0 Å². The van der Waals surface area contributed by atoms with Crippen molar-refractivity contribution in [1.29, 1.82) is 0 Å². The molecule has 0 aliphatic heterocycles. The average Bonchev–Trinajstić information content (AvgIpc) is 2.84. The third-order valence-corrected chi connectivity index (χ3v) is 4.06. The number of nitrogens with one attached hydrogen (secondary N) is 1. The predicted octanol–water partition coefficient (Wildman–Crippen LogP) is 3.31. The van der Waals surface area contributed by atoms with Gasteiger partial charge in [0.2, 0.25) is 0 Å². The molecule has 0 aromatic carbocycles. The number of nitrogens with zero attached hydrogens (tertiary/aromatic N) is 3. The molecule has 0 radical (unpaired) electrons. The van der Waals surface area contributed by atoms with Crippen molar-refractivity contribution < 1.29 is 0 Å². The van der Waals surface area contributed by atoms with Gasteiger partial charge in [-0.25, -0.2) is 4.68 Å². The molecule has 0 amide bonds. The molecule has 1 aliphatic carbocycles. The maximum absolute atomic E-state index is 4.34. The van der Waals surface area contributed by atoms with Crippen LogP contribution < -0.4 is 5.32 Å². The summed E-state index contributed by atoms with van der Waals surface area (Å²) in [6.45, 7) is 9.61. The van der Waals surface area contributed by atoms with E-state index in [2.05, 4.69) is 54.2 Å². The van der Waals surface area contributed by atoms with E-state index in [4.69, 9.17) is 0 Å². The van der Waals surface area contributed by atoms with Crippen LogP contribution >= 0.6 is 0 Å². The van der Waals surface area contributed by atoms with Gasteiger partial charge in [-0.15, -0.1) is 5.10 Å². The summed E-state index contributed by atoms with van der Waals surface area (Å²) in [5, 5.41) is 12.1. The normalized spacial score (nSPS) is 24.6. The van der Waals surface area contributed by atoms with E-state index >= 15 is 0 Å². The Labute approximate surface area is 117 Å². The first kappa shape index (κ1) is 14.5. The summed E-state index contributed by atoms with van der Waals surface area (Å²) < 4.78 is 2.10. The van der Waals surface area contributed by atoms with Gasteiger partial charge in [-0.1, -0.05) is 31.4 Å². The molecule has 1 aromatic rings. The van der Waals surface area contributed by atoms with Gasteiger partial charge in [0.1, 0.15) is 0 Å². The Bertz CT molecular complexity index is 391. The van der Waals surface area contributed by atoms with Crippen LogP contribution in [0.4, 0.5) is 0 Å². The first-order chi connectivity index (χ1) is 8.98. The second-order valence-electron chi connectivity index (χ2n) is 6.89. The van der Waals surface area contributed by atoms with E-state index < -0.39 is 0 Å². The van der Waals surface area contributed by atoms with Gasteiger partial charge in [0.15, 0.2) is 0 Å². The molecule has 2 unspecified atom stereocenters. The van der Waals surface area contributed by atoms with Crippen molar-refractivity contribution in [2.45, 2.75) is 77.9 Å². The van der Waals surface area contributed by atoms with Crippen LogP contribution in [0.25, 0.3) is 0 Å². The molecule has 1 N–H and O–H groups in total. The van der Waals surface area contributed by atoms with Gasteiger partial charge in [-0.05, 0) is 39.5 Å². The van der Waals surface area contributed by atoms with Crippen molar-refractivity contribution in [2.75, 3.05) is 0 Å². The van der Waals surface area contributed by atoms with Gasteiger partial charge in [-0.2, -0.15) is 0 Å². The Morgan fingerprint density at radius 1 is 1.37 bits per heavy atom. The fourth-order valence-electron chi connectivity index (χ4n) is 2.80. The zero-order chi connectivity index (χ0) is 13.9. The number of hydrogen-bond donors (Lipinski definition) is 1. The lowest BCUT2D eigenvalue weighted by molar-refractivity contribution is 0.245. The third-order valence-electron chi connectivity index (χ3n) is 4.06. The van der Waals surface area contributed by atoms with Crippen LogP contribution in [0.5, 0.6) is 0 Å². The lowest BCUT2D eigenvalue weighted by atomic mass is 9.84. The van der Waals surface area contributed by atoms with E-state index in [-0.39, 0.29) is 5.54 Å². The van der Waals surface area contributed by atoms with Crippen molar-refractivity contribution in [3.05, 3.63) is 11.9 Å². The van der Waals surface area contributed by atoms with Crippen LogP contribution in [-0.4, -0.2) is 20.5 Å². The smallest absolute Gasteiger partial charge is 0.0965 e. The van der Waals surface area contributed by atoms with Crippen molar-refractivity contribution in [3.8, 4) is 0 Å². The van der Waals surface area contributed by atoms with Crippen molar-refractivity contribution in [3.63, 3.8) is 0 Å². The minimum Gasteiger partial charge on any atom is -0.306 e. The van der Waals surface area contributed by atoms with Gasteiger partial charge < -0.3 is 5.32 Å². The Hall–Kier alpha value is -0.900. The SMILES string of the molecule is CCC1CCCC(n2cc(CNC(C)(C)C)nn2)C1. The van der Waals surface area contributed by atoms with E-state index in [1.165, 1.54) is 32.1 Å².